The summed E-state index contributed by atoms with van der Waals surface area (Å²) in [5, 5.41) is 3.71. The van der Waals surface area contributed by atoms with Crippen molar-refractivity contribution in [1.82, 2.24) is 5.32 Å². The third kappa shape index (κ3) is 2.46. The zero-order chi connectivity index (χ0) is 13.9. The number of hydrogen-bond donors (Lipinski definition) is 1. The third-order valence-electron chi connectivity index (χ3n) is 4.11. The van der Waals surface area contributed by atoms with E-state index in [1.54, 1.807) is 13.4 Å². The Kier molecular flexibility index (Phi) is 3.79. The molecule has 3 heteroatoms. The minimum absolute atomic E-state index is 0.247. The Hall–Kier alpha value is -1.74. The van der Waals surface area contributed by atoms with Crippen molar-refractivity contribution in [2.75, 3.05) is 7.11 Å². The van der Waals surface area contributed by atoms with E-state index in [1.165, 1.54) is 17.5 Å². The second-order valence-corrected chi connectivity index (χ2v) is 5.37. The van der Waals surface area contributed by atoms with E-state index in [-0.39, 0.29) is 6.04 Å². The molecule has 1 aliphatic rings. The standard InChI is InChI=1S/C17H21NO2/c1-12(13-6-3-4-8-16(13)19-2)18-15-7-5-9-17-14(15)10-11-20-17/h3-4,6,8,10-12,15,18H,5,7,9H2,1-2H3/t12-,15?/m1/s1. The summed E-state index contributed by atoms with van der Waals surface area (Å²) < 4.78 is 11.0. The van der Waals surface area contributed by atoms with Crippen molar-refractivity contribution in [2.45, 2.75) is 38.3 Å². The fourth-order valence-corrected chi connectivity index (χ4v) is 3.08. The maximum Gasteiger partial charge on any atom is 0.123 e. The lowest BCUT2D eigenvalue weighted by atomic mass is 9.92. The normalized spacial score (nSPS) is 19.4. The van der Waals surface area contributed by atoms with Crippen molar-refractivity contribution >= 4 is 0 Å². The van der Waals surface area contributed by atoms with Gasteiger partial charge in [0.25, 0.3) is 0 Å². The summed E-state index contributed by atoms with van der Waals surface area (Å²) in [4.78, 5) is 0. The molecular formula is C17H21NO2. The minimum atomic E-state index is 0.247. The molecule has 1 N–H and O–H groups in total. The maximum absolute atomic E-state index is 5.55. The second kappa shape index (κ2) is 5.71. The molecule has 1 heterocycles. The number of fused-ring (bicyclic) bond motifs is 1. The van der Waals surface area contributed by atoms with Gasteiger partial charge in [-0.25, -0.2) is 0 Å². The van der Waals surface area contributed by atoms with E-state index in [0.717, 1.165) is 24.4 Å². The number of nitrogens with one attached hydrogen (secondary N) is 1. The first-order valence-corrected chi connectivity index (χ1v) is 7.25. The molecule has 0 aliphatic heterocycles. The highest BCUT2D eigenvalue weighted by atomic mass is 16.5. The highest BCUT2D eigenvalue weighted by Gasteiger charge is 2.24. The number of para-hydroxylation sites is 1. The van der Waals surface area contributed by atoms with Crippen LogP contribution < -0.4 is 10.1 Å². The van der Waals surface area contributed by atoms with Crippen LogP contribution in [0.25, 0.3) is 0 Å². The molecule has 1 aromatic carbocycles. The number of benzene rings is 1. The summed E-state index contributed by atoms with van der Waals surface area (Å²) in [7, 11) is 1.72. The lowest BCUT2D eigenvalue weighted by molar-refractivity contribution is 0.370. The molecule has 0 saturated heterocycles. The van der Waals surface area contributed by atoms with Crippen LogP contribution in [-0.2, 0) is 6.42 Å². The van der Waals surface area contributed by atoms with E-state index in [0.29, 0.717) is 6.04 Å². The second-order valence-electron chi connectivity index (χ2n) is 5.37. The van der Waals surface area contributed by atoms with Gasteiger partial charge in [0.15, 0.2) is 0 Å². The van der Waals surface area contributed by atoms with Crippen LogP contribution in [0, 0.1) is 0 Å². The van der Waals surface area contributed by atoms with Crippen LogP contribution >= 0.6 is 0 Å². The van der Waals surface area contributed by atoms with Crippen molar-refractivity contribution < 1.29 is 9.15 Å². The van der Waals surface area contributed by atoms with Gasteiger partial charge in [0.05, 0.1) is 13.4 Å². The molecule has 20 heavy (non-hydrogen) atoms. The monoisotopic (exact) mass is 271 g/mol. The van der Waals surface area contributed by atoms with Gasteiger partial charge < -0.3 is 14.5 Å². The first-order valence-electron chi connectivity index (χ1n) is 7.25. The van der Waals surface area contributed by atoms with Crippen LogP contribution in [0.5, 0.6) is 5.75 Å². The Morgan fingerprint density at radius 1 is 1.30 bits per heavy atom. The fourth-order valence-electron chi connectivity index (χ4n) is 3.08. The fraction of sp³-hybridized carbons (Fsp3) is 0.412. The molecule has 2 aromatic rings. The lowest BCUT2D eigenvalue weighted by Crippen LogP contribution is -2.27. The Bertz CT molecular complexity index is 576. The summed E-state index contributed by atoms with van der Waals surface area (Å²) in [6.07, 6.45) is 5.20. The summed E-state index contributed by atoms with van der Waals surface area (Å²) in [5.74, 6) is 2.08. The summed E-state index contributed by atoms with van der Waals surface area (Å²) >= 11 is 0. The molecule has 0 radical (unpaired) electrons. The average molecular weight is 271 g/mol. The predicted octanol–water partition coefficient (Wildman–Crippen LogP) is 4.02. The first kappa shape index (κ1) is 13.3. The molecular weight excluding hydrogens is 250 g/mol. The third-order valence-corrected chi connectivity index (χ3v) is 4.11. The smallest absolute Gasteiger partial charge is 0.123 e. The number of furan rings is 1. The highest BCUT2D eigenvalue weighted by molar-refractivity contribution is 5.36. The van der Waals surface area contributed by atoms with E-state index >= 15 is 0 Å². The molecule has 0 saturated carbocycles. The van der Waals surface area contributed by atoms with Gasteiger partial charge in [0, 0.05) is 29.6 Å². The number of ether oxygens (including phenoxy) is 1. The topological polar surface area (TPSA) is 34.4 Å². The molecule has 0 spiro atoms. The van der Waals surface area contributed by atoms with Crippen molar-refractivity contribution in [2.24, 2.45) is 0 Å². The van der Waals surface area contributed by atoms with Gasteiger partial charge in [-0.1, -0.05) is 18.2 Å². The van der Waals surface area contributed by atoms with Gasteiger partial charge in [-0.15, -0.1) is 0 Å². The average Bonchev–Trinajstić information content (AvgIpc) is 2.96. The maximum atomic E-state index is 5.55. The molecule has 3 rings (SSSR count). The Morgan fingerprint density at radius 3 is 3.00 bits per heavy atom. The van der Waals surface area contributed by atoms with Gasteiger partial charge in [-0.2, -0.15) is 0 Å². The Labute approximate surface area is 119 Å². The number of methoxy groups -OCH3 is 1. The molecule has 0 fully saturated rings. The molecule has 2 atom stereocenters. The van der Waals surface area contributed by atoms with Crippen LogP contribution in [0.15, 0.2) is 41.0 Å². The molecule has 1 aromatic heterocycles. The zero-order valence-corrected chi connectivity index (χ0v) is 12.1. The Morgan fingerprint density at radius 2 is 2.15 bits per heavy atom. The van der Waals surface area contributed by atoms with Crippen LogP contribution in [0.4, 0.5) is 0 Å². The zero-order valence-electron chi connectivity index (χ0n) is 12.1. The molecule has 0 bridgehead atoms. The highest BCUT2D eigenvalue weighted by Crippen LogP contribution is 2.33. The largest absolute Gasteiger partial charge is 0.496 e. The van der Waals surface area contributed by atoms with E-state index in [1.807, 2.05) is 12.1 Å². The van der Waals surface area contributed by atoms with Crippen LogP contribution in [0.3, 0.4) is 0 Å². The van der Waals surface area contributed by atoms with Crippen molar-refractivity contribution in [1.29, 1.82) is 0 Å². The number of rotatable bonds is 4. The van der Waals surface area contributed by atoms with E-state index in [9.17, 15) is 0 Å². The van der Waals surface area contributed by atoms with E-state index in [4.69, 9.17) is 9.15 Å². The van der Waals surface area contributed by atoms with Crippen molar-refractivity contribution in [3.8, 4) is 5.75 Å². The van der Waals surface area contributed by atoms with Gasteiger partial charge in [-0.05, 0) is 31.9 Å². The lowest BCUT2D eigenvalue weighted by Gasteiger charge is -2.27. The summed E-state index contributed by atoms with van der Waals surface area (Å²) in [6.45, 7) is 2.19. The van der Waals surface area contributed by atoms with Crippen LogP contribution in [-0.4, -0.2) is 7.11 Å². The SMILES string of the molecule is COc1ccccc1[C@@H](C)NC1CCCc2occc21. The van der Waals surface area contributed by atoms with Gasteiger partial charge in [0.1, 0.15) is 11.5 Å². The van der Waals surface area contributed by atoms with Gasteiger partial charge in [0.2, 0.25) is 0 Å². The van der Waals surface area contributed by atoms with E-state index in [2.05, 4.69) is 30.4 Å². The molecule has 3 nitrogen and oxygen atoms in total. The number of aryl methyl sites for hydroxylation is 1. The van der Waals surface area contributed by atoms with Crippen molar-refractivity contribution in [3.05, 3.63) is 53.5 Å². The van der Waals surface area contributed by atoms with Gasteiger partial charge in [-0.3, -0.25) is 0 Å². The molecule has 1 unspecified atom stereocenters. The molecule has 1 aliphatic carbocycles. The summed E-state index contributed by atoms with van der Waals surface area (Å²) in [5.41, 5.74) is 2.52. The van der Waals surface area contributed by atoms with E-state index < -0.39 is 0 Å². The van der Waals surface area contributed by atoms with Crippen molar-refractivity contribution in [3.63, 3.8) is 0 Å². The van der Waals surface area contributed by atoms with Gasteiger partial charge >= 0.3 is 0 Å². The quantitative estimate of drug-likeness (QED) is 0.912. The van der Waals surface area contributed by atoms with Crippen LogP contribution in [0.2, 0.25) is 0 Å². The molecule has 106 valence electrons. The first-order chi connectivity index (χ1) is 9.79. The summed E-state index contributed by atoms with van der Waals surface area (Å²) in [6, 6.07) is 10.9. The predicted molar refractivity (Wildman–Crippen MR) is 78.9 cm³/mol. The minimum Gasteiger partial charge on any atom is -0.496 e. The van der Waals surface area contributed by atoms with Crippen LogP contribution in [0.1, 0.15) is 48.7 Å². The Balaban J connectivity index is 1.79. The molecule has 0 amide bonds. The number of hydrogen-bond acceptors (Lipinski definition) is 3.